The smallest absolute Gasteiger partial charge is 0.262 e. The summed E-state index contributed by atoms with van der Waals surface area (Å²) in [6.45, 7) is 1.92. The standard InChI is InChI=1S/C19H16ClN5O3S/c1-11-2-4-13(7-14(11)20)25-10-21-24-19(25)29-9-18(27)22-12-3-5-16-15(6-12)23-17(26)8-28-16/h2-7,10H,8-9H2,1H3,(H,22,27)(H,23,26). The number of carbonyl (C=O) groups excluding carboxylic acids is 2. The van der Waals surface area contributed by atoms with Crippen LogP contribution in [-0.2, 0) is 9.59 Å². The molecule has 8 nitrogen and oxygen atoms in total. The molecule has 0 bridgehead atoms. The van der Waals surface area contributed by atoms with Crippen molar-refractivity contribution in [2.24, 2.45) is 0 Å². The van der Waals surface area contributed by atoms with E-state index < -0.39 is 0 Å². The topological polar surface area (TPSA) is 98.1 Å². The van der Waals surface area contributed by atoms with Crippen molar-refractivity contribution in [2.75, 3.05) is 23.0 Å². The molecule has 1 aliphatic heterocycles. The minimum absolute atomic E-state index is 0.0117. The van der Waals surface area contributed by atoms with Crippen LogP contribution in [0, 0.1) is 6.92 Å². The third kappa shape index (κ3) is 4.36. The third-order valence-electron chi connectivity index (χ3n) is 4.18. The van der Waals surface area contributed by atoms with Crippen LogP contribution in [0.15, 0.2) is 47.9 Å². The summed E-state index contributed by atoms with van der Waals surface area (Å²) in [6.07, 6.45) is 1.58. The molecule has 1 aliphatic rings. The Kier molecular flexibility index (Phi) is 5.41. The van der Waals surface area contributed by atoms with Gasteiger partial charge in [0.15, 0.2) is 11.8 Å². The van der Waals surface area contributed by atoms with E-state index in [1.54, 1.807) is 29.1 Å². The molecule has 0 saturated carbocycles. The van der Waals surface area contributed by atoms with Crippen molar-refractivity contribution in [1.82, 2.24) is 14.8 Å². The van der Waals surface area contributed by atoms with Crippen molar-refractivity contribution < 1.29 is 14.3 Å². The fourth-order valence-electron chi connectivity index (χ4n) is 2.72. The summed E-state index contributed by atoms with van der Waals surface area (Å²) in [5.41, 5.74) is 2.89. The first-order valence-electron chi connectivity index (χ1n) is 8.65. The highest BCUT2D eigenvalue weighted by Gasteiger charge is 2.17. The predicted octanol–water partition coefficient (Wildman–Crippen LogP) is 3.29. The van der Waals surface area contributed by atoms with Crippen LogP contribution < -0.4 is 15.4 Å². The monoisotopic (exact) mass is 429 g/mol. The van der Waals surface area contributed by atoms with Crippen LogP contribution in [0.5, 0.6) is 5.75 Å². The summed E-state index contributed by atoms with van der Waals surface area (Å²) in [6, 6.07) is 10.7. The molecule has 29 heavy (non-hydrogen) atoms. The molecule has 2 heterocycles. The predicted molar refractivity (Wildman–Crippen MR) is 111 cm³/mol. The maximum absolute atomic E-state index is 12.4. The summed E-state index contributed by atoms with van der Waals surface area (Å²) in [4.78, 5) is 23.8. The molecular formula is C19H16ClN5O3S. The number of nitrogens with one attached hydrogen (secondary N) is 2. The first kappa shape index (κ1) is 19.3. The summed E-state index contributed by atoms with van der Waals surface area (Å²) >= 11 is 7.46. The molecule has 0 fully saturated rings. The second-order valence-electron chi connectivity index (χ2n) is 6.30. The molecular weight excluding hydrogens is 414 g/mol. The second-order valence-corrected chi connectivity index (χ2v) is 7.65. The maximum atomic E-state index is 12.4. The van der Waals surface area contributed by atoms with Gasteiger partial charge >= 0.3 is 0 Å². The van der Waals surface area contributed by atoms with Crippen molar-refractivity contribution in [3.8, 4) is 11.4 Å². The summed E-state index contributed by atoms with van der Waals surface area (Å²) in [7, 11) is 0. The van der Waals surface area contributed by atoms with E-state index in [0.29, 0.717) is 27.3 Å². The van der Waals surface area contributed by atoms with Crippen LogP contribution in [-0.4, -0.2) is 38.9 Å². The van der Waals surface area contributed by atoms with Crippen molar-refractivity contribution >= 4 is 46.6 Å². The Balaban J connectivity index is 1.41. The van der Waals surface area contributed by atoms with Crippen LogP contribution in [0.25, 0.3) is 5.69 Å². The molecule has 2 N–H and O–H groups in total. The zero-order valence-corrected chi connectivity index (χ0v) is 16.9. The zero-order valence-electron chi connectivity index (χ0n) is 15.3. The van der Waals surface area contributed by atoms with Gasteiger partial charge in [-0.1, -0.05) is 29.4 Å². The van der Waals surface area contributed by atoms with Gasteiger partial charge in [-0.15, -0.1) is 10.2 Å². The number of rotatable bonds is 5. The SMILES string of the molecule is Cc1ccc(-n2cnnc2SCC(=O)Nc2ccc3c(c2)NC(=O)CO3)cc1Cl. The molecule has 4 rings (SSSR count). The van der Waals surface area contributed by atoms with Gasteiger partial charge in [-0.05, 0) is 42.8 Å². The molecule has 3 aromatic rings. The highest BCUT2D eigenvalue weighted by Crippen LogP contribution is 2.30. The average molecular weight is 430 g/mol. The first-order chi connectivity index (χ1) is 14.0. The number of fused-ring (bicyclic) bond motifs is 1. The number of hydrogen-bond acceptors (Lipinski definition) is 6. The lowest BCUT2D eigenvalue weighted by Gasteiger charge is -2.18. The van der Waals surface area contributed by atoms with Crippen molar-refractivity contribution in [1.29, 1.82) is 0 Å². The van der Waals surface area contributed by atoms with Gasteiger partial charge in [-0.25, -0.2) is 0 Å². The molecule has 10 heteroatoms. The molecule has 148 valence electrons. The van der Waals surface area contributed by atoms with Crippen LogP contribution in [0.3, 0.4) is 0 Å². The lowest BCUT2D eigenvalue weighted by Crippen LogP contribution is -2.25. The third-order valence-corrected chi connectivity index (χ3v) is 5.53. The van der Waals surface area contributed by atoms with Gasteiger partial charge in [-0.3, -0.25) is 14.2 Å². The normalized spacial score (nSPS) is 12.7. The highest BCUT2D eigenvalue weighted by atomic mass is 35.5. The molecule has 0 radical (unpaired) electrons. The van der Waals surface area contributed by atoms with Gasteiger partial charge in [0.1, 0.15) is 12.1 Å². The van der Waals surface area contributed by atoms with Gasteiger partial charge < -0.3 is 15.4 Å². The number of nitrogens with zero attached hydrogens (tertiary/aromatic N) is 3. The molecule has 2 aromatic carbocycles. The van der Waals surface area contributed by atoms with Crippen LogP contribution in [0.1, 0.15) is 5.56 Å². The van der Waals surface area contributed by atoms with E-state index in [-0.39, 0.29) is 24.2 Å². The van der Waals surface area contributed by atoms with Gasteiger partial charge in [0.2, 0.25) is 5.91 Å². The average Bonchev–Trinajstić information content (AvgIpc) is 3.17. The van der Waals surface area contributed by atoms with Crippen molar-refractivity contribution in [3.05, 3.63) is 53.3 Å². The number of thioether (sulfide) groups is 1. The zero-order chi connectivity index (χ0) is 20.4. The lowest BCUT2D eigenvalue weighted by atomic mass is 10.2. The van der Waals surface area contributed by atoms with E-state index in [9.17, 15) is 9.59 Å². The number of halogens is 1. The Labute approximate surface area is 175 Å². The van der Waals surface area contributed by atoms with E-state index >= 15 is 0 Å². The number of carbonyl (C=O) groups is 2. The largest absolute Gasteiger partial charge is 0.482 e. The van der Waals surface area contributed by atoms with Gasteiger partial charge in [0.25, 0.3) is 5.91 Å². The van der Waals surface area contributed by atoms with Gasteiger partial charge in [-0.2, -0.15) is 0 Å². The van der Waals surface area contributed by atoms with Gasteiger partial charge in [0, 0.05) is 10.7 Å². The van der Waals surface area contributed by atoms with Crippen LogP contribution >= 0.6 is 23.4 Å². The lowest BCUT2D eigenvalue weighted by molar-refractivity contribution is -0.118. The Bertz CT molecular complexity index is 1100. The number of aryl methyl sites for hydroxylation is 1. The first-order valence-corrected chi connectivity index (χ1v) is 10.0. The Morgan fingerprint density at radius 3 is 3.03 bits per heavy atom. The summed E-state index contributed by atoms with van der Waals surface area (Å²) in [5, 5.41) is 14.7. The Morgan fingerprint density at radius 2 is 2.21 bits per heavy atom. The minimum Gasteiger partial charge on any atom is -0.482 e. The number of hydrogen-bond donors (Lipinski definition) is 2. The minimum atomic E-state index is -0.230. The molecule has 2 amide bonds. The summed E-state index contributed by atoms with van der Waals surface area (Å²) < 4.78 is 7.08. The molecule has 0 atom stereocenters. The fraction of sp³-hybridized carbons (Fsp3) is 0.158. The van der Waals surface area contributed by atoms with Crippen molar-refractivity contribution in [2.45, 2.75) is 12.1 Å². The number of ether oxygens (including phenoxy) is 1. The van der Waals surface area contributed by atoms with Crippen molar-refractivity contribution in [3.63, 3.8) is 0 Å². The Morgan fingerprint density at radius 1 is 1.34 bits per heavy atom. The van der Waals surface area contributed by atoms with Gasteiger partial charge in [0.05, 0.1) is 17.1 Å². The quantitative estimate of drug-likeness (QED) is 0.604. The molecule has 0 spiro atoms. The highest BCUT2D eigenvalue weighted by molar-refractivity contribution is 7.99. The van der Waals surface area contributed by atoms with E-state index in [1.165, 1.54) is 11.8 Å². The maximum Gasteiger partial charge on any atom is 0.262 e. The molecule has 0 aliphatic carbocycles. The van der Waals surface area contributed by atoms with E-state index in [1.807, 2.05) is 25.1 Å². The Hall–Kier alpha value is -3.04. The molecule has 0 saturated heterocycles. The number of benzene rings is 2. The fourth-order valence-corrected chi connectivity index (χ4v) is 3.62. The number of aromatic nitrogens is 3. The summed E-state index contributed by atoms with van der Waals surface area (Å²) in [5.74, 6) is 0.265. The van der Waals surface area contributed by atoms with Crippen LogP contribution in [0.2, 0.25) is 5.02 Å². The van der Waals surface area contributed by atoms with E-state index in [0.717, 1.165) is 11.3 Å². The molecule has 1 aromatic heterocycles. The van der Waals surface area contributed by atoms with Crippen LogP contribution in [0.4, 0.5) is 11.4 Å². The number of amides is 2. The number of anilines is 2. The van der Waals surface area contributed by atoms with E-state index in [2.05, 4.69) is 20.8 Å². The van der Waals surface area contributed by atoms with E-state index in [4.69, 9.17) is 16.3 Å². The molecule has 0 unspecified atom stereocenters. The second kappa shape index (κ2) is 8.14.